The van der Waals surface area contributed by atoms with Crippen LogP contribution in [0, 0.1) is 5.92 Å². The van der Waals surface area contributed by atoms with Gasteiger partial charge in [0, 0.05) is 23.8 Å². The molecule has 0 aliphatic rings. The summed E-state index contributed by atoms with van der Waals surface area (Å²) in [6, 6.07) is 7.59. The average Bonchev–Trinajstić information content (AvgIpc) is 2.43. The number of benzene rings is 1. The molecule has 0 spiro atoms. The Morgan fingerprint density at radius 2 is 2.00 bits per heavy atom. The second-order valence-electron chi connectivity index (χ2n) is 4.86. The Labute approximate surface area is 122 Å². The van der Waals surface area contributed by atoms with E-state index in [1.807, 2.05) is 30.5 Å². The molecule has 1 aromatic heterocycles. The van der Waals surface area contributed by atoms with Gasteiger partial charge in [0.2, 0.25) is 0 Å². The SMILES string of the molecule is CSc1ccc(Oc2nccn(CC(C)C)c2=O)cc1. The number of hydrogen-bond donors (Lipinski definition) is 0. The molecular formula is C15H18N2O2S. The highest BCUT2D eigenvalue weighted by Gasteiger charge is 2.08. The van der Waals surface area contributed by atoms with Gasteiger partial charge in [-0.15, -0.1) is 11.8 Å². The van der Waals surface area contributed by atoms with E-state index in [9.17, 15) is 4.79 Å². The third-order valence-electron chi connectivity index (χ3n) is 2.72. The summed E-state index contributed by atoms with van der Waals surface area (Å²) in [7, 11) is 0. The van der Waals surface area contributed by atoms with E-state index in [0.29, 0.717) is 18.2 Å². The molecule has 0 saturated heterocycles. The summed E-state index contributed by atoms with van der Waals surface area (Å²) < 4.78 is 7.21. The van der Waals surface area contributed by atoms with Crippen LogP contribution in [0.25, 0.3) is 0 Å². The Morgan fingerprint density at radius 1 is 1.30 bits per heavy atom. The van der Waals surface area contributed by atoms with E-state index in [1.165, 1.54) is 0 Å². The number of hydrogen-bond acceptors (Lipinski definition) is 4. The summed E-state index contributed by atoms with van der Waals surface area (Å²) in [5.41, 5.74) is -0.199. The summed E-state index contributed by atoms with van der Waals surface area (Å²) >= 11 is 1.66. The fraction of sp³-hybridized carbons (Fsp3) is 0.333. The lowest BCUT2D eigenvalue weighted by Crippen LogP contribution is -2.23. The predicted molar refractivity (Wildman–Crippen MR) is 81.6 cm³/mol. The normalized spacial score (nSPS) is 10.8. The minimum atomic E-state index is -0.199. The molecule has 0 fully saturated rings. The molecule has 0 radical (unpaired) electrons. The largest absolute Gasteiger partial charge is 0.435 e. The van der Waals surface area contributed by atoms with E-state index in [0.717, 1.165) is 4.90 Å². The van der Waals surface area contributed by atoms with Crippen LogP contribution in [0.15, 0.2) is 46.3 Å². The van der Waals surface area contributed by atoms with Crippen LogP contribution in [0.3, 0.4) is 0 Å². The molecular weight excluding hydrogens is 272 g/mol. The monoisotopic (exact) mass is 290 g/mol. The molecule has 1 heterocycles. The van der Waals surface area contributed by atoms with Gasteiger partial charge in [-0.05, 0) is 36.4 Å². The zero-order valence-electron chi connectivity index (χ0n) is 11.9. The van der Waals surface area contributed by atoms with Crippen molar-refractivity contribution < 1.29 is 4.74 Å². The average molecular weight is 290 g/mol. The van der Waals surface area contributed by atoms with Gasteiger partial charge in [0.05, 0.1) is 0 Å². The van der Waals surface area contributed by atoms with E-state index in [-0.39, 0.29) is 11.4 Å². The van der Waals surface area contributed by atoms with E-state index >= 15 is 0 Å². The Morgan fingerprint density at radius 3 is 2.60 bits per heavy atom. The molecule has 0 saturated carbocycles. The third kappa shape index (κ3) is 3.63. The van der Waals surface area contributed by atoms with Crippen LogP contribution in [-0.2, 0) is 6.54 Å². The van der Waals surface area contributed by atoms with Crippen LogP contribution >= 0.6 is 11.8 Å². The highest BCUT2D eigenvalue weighted by molar-refractivity contribution is 7.98. The Kier molecular flexibility index (Phi) is 4.84. The van der Waals surface area contributed by atoms with Gasteiger partial charge in [-0.2, -0.15) is 0 Å². The summed E-state index contributed by atoms with van der Waals surface area (Å²) in [6.07, 6.45) is 5.29. The van der Waals surface area contributed by atoms with E-state index in [2.05, 4.69) is 18.8 Å². The van der Waals surface area contributed by atoms with Gasteiger partial charge in [-0.3, -0.25) is 4.79 Å². The van der Waals surface area contributed by atoms with Crippen molar-refractivity contribution in [2.45, 2.75) is 25.3 Å². The molecule has 20 heavy (non-hydrogen) atoms. The maximum absolute atomic E-state index is 12.2. The fourth-order valence-electron chi connectivity index (χ4n) is 1.79. The van der Waals surface area contributed by atoms with Crippen molar-refractivity contribution in [2.24, 2.45) is 5.92 Å². The van der Waals surface area contributed by atoms with Crippen LogP contribution in [-0.4, -0.2) is 15.8 Å². The standard InChI is InChI=1S/C15H18N2O2S/c1-11(2)10-17-9-8-16-14(15(17)18)19-12-4-6-13(20-3)7-5-12/h4-9,11H,10H2,1-3H3. The topological polar surface area (TPSA) is 44.1 Å². The van der Waals surface area contributed by atoms with Crippen LogP contribution in [0.2, 0.25) is 0 Å². The van der Waals surface area contributed by atoms with Crippen LogP contribution < -0.4 is 10.3 Å². The zero-order valence-corrected chi connectivity index (χ0v) is 12.7. The summed E-state index contributed by atoms with van der Waals surface area (Å²) in [6.45, 7) is 4.78. The maximum atomic E-state index is 12.2. The molecule has 0 atom stereocenters. The van der Waals surface area contributed by atoms with Crippen molar-refractivity contribution in [3.8, 4) is 11.6 Å². The molecule has 2 aromatic rings. The molecule has 0 aliphatic carbocycles. The minimum Gasteiger partial charge on any atom is -0.435 e. The highest BCUT2D eigenvalue weighted by atomic mass is 32.2. The Balaban J connectivity index is 2.22. The van der Waals surface area contributed by atoms with Crippen molar-refractivity contribution in [1.29, 1.82) is 0 Å². The van der Waals surface area contributed by atoms with Gasteiger partial charge in [0.15, 0.2) is 0 Å². The number of rotatable bonds is 5. The second-order valence-corrected chi connectivity index (χ2v) is 5.74. The lowest BCUT2D eigenvalue weighted by atomic mass is 10.2. The quantitative estimate of drug-likeness (QED) is 0.792. The fourth-order valence-corrected chi connectivity index (χ4v) is 2.20. The van der Waals surface area contributed by atoms with Crippen molar-refractivity contribution >= 4 is 11.8 Å². The predicted octanol–water partition coefficient (Wildman–Crippen LogP) is 3.41. The molecule has 0 bridgehead atoms. The van der Waals surface area contributed by atoms with Crippen LogP contribution in [0.5, 0.6) is 11.6 Å². The third-order valence-corrected chi connectivity index (χ3v) is 3.46. The first-order chi connectivity index (χ1) is 9.60. The first kappa shape index (κ1) is 14.7. The molecule has 4 nitrogen and oxygen atoms in total. The summed E-state index contributed by atoms with van der Waals surface area (Å²) in [5, 5.41) is 0. The lowest BCUT2D eigenvalue weighted by molar-refractivity contribution is 0.432. The van der Waals surface area contributed by atoms with Gasteiger partial charge in [0.1, 0.15) is 5.75 Å². The molecule has 1 aromatic carbocycles. The highest BCUT2D eigenvalue weighted by Crippen LogP contribution is 2.21. The molecule has 2 rings (SSSR count). The zero-order chi connectivity index (χ0) is 14.5. The van der Waals surface area contributed by atoms with Crippen LogP contribution in [0.4, 0.5) is 0 Å². The van der Waals surface area contributed by atoms with Crippen molar-refractivity contribution in [2.75, 3.05) is 6.26 Å². The van der Waals surface area contributed by atoms with E-state index in [4.69, 9.17) is 4.74 Å². The minimum absolute atomic E-state index is 0.116. The lowest BCUT2D eigenvalue weighted by Gasteiger charge is -2.10. The van der Waals surface area contributed by atoms with E-state index < -0.39 is 0 Å². The maximum Gasteiger partial charge on any atom is 0.313 e. The van der Waals surface area contributed by atoms with Gasteiger partial charge in [-0.25, -0.2) is 4.98 Å². The second kappa shape index (κ2) is 6.61. The molecule has 0 unspecified atom stereocenters. The first-order valence-electron chi connectivity index (χ1n) is 6.47. The number of aromatic nitrogens is 2. The smallest absolute Gasteiger partial charge is 0.313 e. The Hall–Kier alpha value is -1.75. The van der Waals surface area contributed by atoms with Gasteiger partial charge in [-0.1, -0.05) is 13.8 Å². The van der Waals surface area contributed by atoms with Crippen molar-refractivity contribution in [3.63, 3.8) is 0 Å². The molecule has 0 amide bonds. The Bertz CT molecular complexity index is 621. The van der Waals surface area contributed by atoms with Gasteiger partial charge in [0.25, 0.3) is 5.88 Å². The van der Waals surface area contributed by atoms with E-state index in [1.54, 1.807) is 28.7 Å². The molecule has 106 valence electrons. The molecule has 0 aliphatic heterocycles. The van der Waals surface area contributed by atoms with Crippen molar-refractivity contribution in [1.82, 2.24) is 9.55 Å². The number of nitrogens with zero attached hydrogens (tertiary/aromatic N) is 2. The van der Waals surface area contributed by atoms with Gasteiger partial charge >= 0.3 is 5.56 Å². The van der Waals surface area contributed by atoms with Gasteiger partial charge < -0.3 is 9.30 Å². The van der Waals surface area contributed by atoms with Crippen LogP contribution in [0.1, 0.15) is 13.8 Å². The molecule has 0 N–H and O–H groups in total. The number of thioether (sulfide) groups is 1. The number of ether oxygens (including phenoxy) is 1. The summed E-state index contributed by atoms with van der Waals surface area (Å²) in [5.74, 6) is 1.13. The first-order valence-corrected chi connectivity index (χ1v) is 7.70. The van der Waals surface area contributed by atoms with Crippen molar-refractivity contribution in [3.05, 3.63) is 47.0 Å². The summed E-state index contributed by atoms with van der Waals surface area (Å²) in [4.78, 5) is 17.4. The molecule has 5 heteroatoms.